The topological polar surface area (TPSA) is 231 Å². The van der Waals surface area contributed by atoms with E-state index in [1.165, 1.54) is 64.2 Å². The third-order valence-corrected chi connectivity index (χ3v) is 17.1. The lowest BCUT2D eigenvalue weighted by Crippen LogP contribution is -2.30. The predicted molar refractivity (Wildman–Crippen MR) is 390 cm³/mol. The predicted octanol–water partition coefficient (Wildman–Crippen LogP) is 21.0. The molecule has 95 heavy (non-hydrogen) atoms. The second-order valence-electron chi connectivity index (χ2n) is 24.4. The van der Waals surface area contributed by atoms with E-state index in [1.54, 1.807) is 0 Å². The zero-order valence-electron chi connectivity index (χ0n) is 59.3. The quantitative estimate of drug-likeness (QED) is 0.0146. The van der Waals surface area contributed by atoms with Crippen LogP contribution in [0, 0.1) is 0 Å². The molecular weight excluding hydrogens is 1240 g/mol. The van der Waals surface area contributed by atoms with Crippen LogP contribution in [0.5, 0.6) is 0 Å². The second-order valence-corrected chi connectivity index (χ2v) is 27.3. The number of carbonyl (C=O) groups is 3. The maximum atomic E-state index is 12.9. The summed E-state index contributed by atoms with van der Waals surface area (Å²) in [6.45, 7) is 2.49. The van der Waals surface area contributed by atoms with E-state index in [4.69, 9.17) is 32.3 Å². The number of rotatable bonds is 69. The number of phosphoric acid groups is 2. The number of aliphatic hydroxyl groups is 2. The van der Waals surface area contributed by atoms with Crippen molar-refractivity contribution >= 4 is 33.6 Å². The van der Waals surface area contributed by atoms with Gasteiger partial charge in [0.2, 0.25) is 0 Å². The first kappa shape index (κ1) is 91.0. The summed E-state index contributed by atoms with van der Waals surface area (Å²) in [4.78, 5) is 58.4. The Hall–Kier alpha value is -4.05. The molecule has 5 atom stereocenters. The van der Waals surface area contributed by atoms with Crippen LogP contribution in [0.15, 0.2) is 122 Å². The van der Waals surface area contributed by atoms with Gasteiger partial charge in [-0.15, -0.1) is 0 Å². The van der Waals surface area contributed by atoms with Crippen LogP contribution >= 0.6 is 15.6 Å². The first-order valence-corrected chi connectivity index (χ1v) is 39.8. The fraction of sp³-hybridized carbons (Fsp3) is 0.701. The summed E-state index contributed by atoms with van der Waals surface area (Å²) in [5.74, 6) is -1.60. The van der Waals surface area contributed by atoms with Crippen molar-refractivity contribution in [1.29, 1.82) is 0 Å². The Morgan fingerprint density at radius 2 is 0.558 bits per heavy atom. The molecule has 16 nitrogen and oxygen atoms in total. The number of hydrogen-bond donors (Lipinski definition) is 4. The van der Waals surface area contributed by atoms with Crippen LogP contribution < -0.4 is 0 Å². The highest BCUT2D eigenvalue weighted by molar-refractivity contribution is 7.47. The average molecular weight is 1380 g/mol. The normalized spacial score (nSPS) is 14.8. The zero-order valence-corrected chi connectivity index (χ0v) is 61.1. The van der Waals surface area contributed by atoms with Gasteiger partial charge in [0, 0.05) is 19.3 Å². The summed E-state index contributed by atoms with van der Waals surface area (Å²) in [7, 11) is -9.78. The molecule has 0 aliphatic heterocycles. The van der Waals surface area contributed by atoms with E-state index in [0.717, 1.165) is 167 Å². The van der Waals surface area contributed by atoms with Gasteiger partial charge in [0.1, 0.15) is 25.4 Å². The molecule has 0 rings (SSSR count). The SMILES string of the molecule is CC/C=C\C/C=C\C/C=C\C/C=C\C/C=C\C/C=C\CCCCCCCCC(=O)OCC(O)COP(=O)(O)OCC(O)COP(=O)(O)OCC(COC(=O)CCCCCCCCC/C=C\C/C=C\C/C=C\C/C=C\CCCCC)OC(=O)CCCCCCCCCCCCC. The number of allylic oxidation sites excluding steroid dienone is 20. The van der Waals surface area contributed by atoms with E-state index in [0.29, 0.717) is 19.3 Å². The van der Waals surface area contributed by atoms with E-state index in [9.17, 15) is 43.5 Å². The number of phosphoric ester groups is 2. The highest BCUT2D eigenvalue weighted by Crippen LogP contribution is 2.45. The molecule has 0 aromatic heterocycles. The molecule has 0 spiro atoms. The first-order valence-electron chi connectivity index (χ1n) is 36.8. The van der Waals surface area contributed by atoms with E-state index < -0.39 is 91.5 Å². The van der Waals surface area contributed by atoms with Gasteiger partial charge in [-0.25, -0.2) is 9.13 Å². The number of unbranched alkanes of at least 4 members (excludes halogenated alkanes) is 26. The fourth-order valence-electron chi connectivity index (χ4n) is 9.56. The van der Waals surface area contributed by atoms with Crippen LogP contribution in [0.1, 0.15) is 290 Å². The van der Waals surface area contributed by atoms with Crippen molar-refractivity contribution in [2.24, 2.45) is 0 Å². The summed E-state index contributed by atoms with van der Waals surface area (Å²) in [5, 5.41) is 20.6. The van der Waals surface area contributed by atoms with Gasteiger partial charge in [0.05, 0.1) is 26.4 Å². The summed E-state index contributed by atoms with van der Waals surface area (Å²) in [6, 6.07) is 0. The number of esters is 3. The van der Waals surface area contributed by atoms with Gasteiger partial charge in [-0.2, -0.15) is 0 Å². The monoisotopic (exact) mass is 1370 g/mol. The van der Waals surface area contributed by atoms with Gasteiger partial charge in [-0.3, -0.25) is 32.5 Å². The molecule has 0 heterocycles. The molecule has 546 valence electrons. The maximum Gasteiger partial charge on any atom is 0.472 e. The fourth-order valence-corrected chi connectivity index (χ4v) is 11.1. The van der Waals surface area contributed by atoms with Gasteiger partial charge in [-0.1, -0.05) is 277 Å². The van der Waals surface area contributed by atoms with E-state index >= 15 is 0 Å². The second kappa shape index (κ2) is 69.8. The Balaban J connectivity index is 4.55. The lowest BCUT2D eigenvalue weighted by molar-refractivity contribution is -0.161. The smallest absolute Gasteiger partial charge is 0.463 e. The van der Waals surface area contributed by atoms with E-state index in [-0.39, 0.29) is 19.3 Å². The number of carbonyl (C=O) groups excluding carboxylic acids is 3. The van der Waals surface area contributed by atoms with Crippen LogP contribution in [0.25, 0.3) is 0 Å². The highest BCUT2D eigenvalue weighted by atomic mass is 31.2. The molecule has 4 N–H and O–H groups in total. The Morgan fingerprint density at radius 1 is 0.305 bits per heavy atom. The lowest BCUT2D eigenvalue weighted by atomic mass is 10.1. The molecule has 0 radical (unpaired) electrons. The van der Waals surface area contributed by atoms with Crippen molar-refractivity contribution in [2.45, 2.75) is 309 Å². The Morgan fingerprint density at radius 3 is 0.905 bits per heavy atom. The highest BCUT2D eigenvalue weighted by Gasteiger charge is 2.29. The van der Waals surface area contributed by atoms with E-state index in [2.05, 4.69) is 142 Å². The van der Waals surface area contributed by atoms with Crippen molar-refractivity contribution in [3.05, 3.63) is 122 Å². The van der Waals surface area contributed by atoms with E-state index in [1.807, 2.05) is 0 Å². The Bertz CT molecular complexity index is 2210. The third-order valence-electron chi connectivity index (χ3n) is 15.2. The third kappa shape index (κ3) is 71.1. The zero-order chi connectivity index (χ0) is 69.5. The minimum Gasteiger partial charge on any atom is -0.463 e. The Labute approximate surface area is 576 Å². The minimum absolute atomic E-state index is 0.102. The van der Waals surface area contributed by atoms with Crippen molar-refractivity contribution in [1.82, 2.24) is 0 Å². The molecule has 0 saturated carbocycles. The summed E-state index contributed by atoms with van der Waals surface area (Å²) in [5.41, 5.74) is 0. The molecule has 0 aromatic carbocycles. The molecule has 0 aliphatic rings. The molecule has 0 amide bonds. The molecular formula is C77H132O16P2. The largest absolute Gasteiger partial charge is 0.472 e. The summed E-state index contributed by atoms with van der Waals surface area (Å²) < 4.78 is 60.9. The van der Waals surface area contributed by atoms with Gasteiger partial charge >= 0.3 is 33.6 Å². The number of hydrogen-bond acceptors (Lipinski definition) is 14. The molecule has 0 saturated heterocycles. The van der Waals surface area contributed by atoms with Crippen LogP contribution in [-0.4, -0.2) is 95.9 Å². The first-order chi connectivity index (χ1) is 46.2. The van der Waals surface area contributed by atoms with Crippen molar-refractivity contribution in [3.63, 3.8) is 0 Å². The molecule has 0 aromatic rings. The summed E-state index contributed by atoms with van der Waals surface area (Å²) >= 11 is 0. The van der Waals surface area contributed by atoms with Crippen LogP contribution in [-0.2, 0) is 55.8 Å². The van der Waals surface area contributed by atoms with Crippen LogP contribution in [0.2, 0.25) is 0 Å². The molecule has 0 aliphatic carbocycles. The van der Waals surface area contributed by atoms with Crippen molar-refractivity contribution in [2.75, 3.05) is 39.6 Å². The van der Waals surface area contributed by atoms with Crippen molar-refractivity contribution < 1.29 is 75.8 Å². The molecule has 0 bridgehead atoms. The number of aliphatic hydroxyl groups excluding tert-OH is 2. The average Bonchev–Trinajstić information content (AvgIpc) is 3.35. The lowest BCUT2D eigenvalue weighted by Gasteiger charge is -2.21. The van der Waals surface area contributed by atoms with Gasteiger partial charge in [0.15, 0.2) is 6.10 Å². The van der Waals surface area contributed by atoms with Gasteiger partial charge in [-0.05, 0) is 116 Å². The standard InChI is InChI=1S/C77H132O16P2/c1-4-7-10-13-16-19-22-24-26-28-30-32-34-35-37-39-40-42-44-46-49-51-54-57-60-63-75(80)87-66-72(78)67-89-94(83,84)90-68-73(79)69-91-95(85,86)92-71-74(93-77(82)65-62-59-56-53-48-21-18-15-12-9-6-3)70-88-76(81)64-61-58-55-52-50-47-45-43-41-38-36-33-31-29-27-25-23-20-17-14-11-8-5-2/h7,10,16-17,19-20,24-27,30-33,35,37-38,40-42,72-74,78-79H,4-6,8-9,11-15,18,21-23,28-29,34,36,39,43-71H2,1-3H3,(H,83,84)(H,85,86)/b10-7-,19-16-,20-17-,26-24-,27-25-,32-30-,33-31-,37-35-,41-38-,42-40-. The summed E-state index contributed by atoms with van der Waals surface area (Å²) in [6.07, 6.45) is 81.0. The van der Waals surface area contributed by atoms with Gasteiger partial charge < -0.3 is 34.2 Å². The number of ether oxygens (including phenoxy) is 3. The molecule has 5 unspecified atom stereocenters. The van der Waals surface area contributed by atoms with Crippen LogP contribution in [0.4, 0.5) is 0 Å². The maximum absolute atomic E-state index is 12.9. The minimum atomic E-state index is -4.93. The molecule has 18 heteroatoms. The molecule has 0 fully saturated rings. The van der Waals surface area contributed by atoms with Crippen molar-refractivity contribution in [3.8, 4) is 0 Å². The van der Waals surface area contributed by atoms with Crippen LogP contribution in [0.3, 0.4) is 0 Å². The van der Waals surface area contributed by atoms with Gasteiger partial charge in [0.25, 0.3) is 0 Å². The Kier molecular flexibility index (Phi) is 66.9.